The number of likely N-dealkylation sites (N-methyl/N-ethyl adjacent to an activating group) is 1. The third-order valence-corrected chi connectivity index (χ3v) is 13.4. The van der Waals surface area contributed by atoms with Crippen LogP contribution in [0.3, 0.4) is 0 Å². The molecule has 434 valence electrons. The Morgan fingerprint density at radius 3 is 1.09 bits per heavy atom. The molecule has 0 aromatic rings. The van der Waals surface area contributed by atoms with Gasteiger partial charge in [0.2, 0.25) is 0 Å². The zero-order valence-electron chi connectivity index (χ0n) is 49.4. The van der Waals surface area contributed by atoms with Gasteiger partial charge in [0.15, 0.2) is 12.4 Å². The molecular weight excluding hydrogens is 935 g/mol. The van der Waals surface area contributed by atoms with Crippen LogP contribution in [-0.2, 0) is 33.3 Å². The quantitative estimate of drug-likeness (QED) is 0.0195. The van der Waals surface area contributed by atoms with Crippen molar-refractivity contribution in [2.45, 2.75) is 283 Å². The molecule has 0 aromatic heterocycles. The molecule has 0 spiro atoms. The highest BCUT2D eigenvalue weighted by atomic mass is 16.7. The number of rotatable bonds is 57. The summed E-state index contributed by atoms with van der Waals surface area (Å²) in [5, 5.41) is 11.8. The lowest BCUT2D eigenvalue weighted by Crippen LogP contribution is -2.44. The van der Waals surface area contributed by atoms with E-state index < -0.39 is 24.3 Å². The van der Waals surface area contributed by atoms with Crippen LogP contribution in [0.5, 0.6) is 0 Å². The van der Waals surface area contributed by atoms with Gasteiger partial charge in [-0.1, -0.05) is 241 Å². The smallest absolute Gasteiger partial charge is 0.306 e. The SMILES string of the molecule is CCCCC/C=C\C/C=C\C/C=C\CCCCCCCCC(=O)OCC(COC(OCC[N+](C)(C)C)C(=O)[O-])OC(=O)CCCCCCCCCCCCCCCCCC/C=C\C/C=C\C/C=C\CCCCCCC. The summed E-state index contributed by atoms with van der Waals surface area (Å²) in [6.07, 6.45) is 71.0. The van der Waals surface area contributed by atoms with E-state index in [9.17, 15) is 19.5 Å². The number of ether oxygens (including phenoxy) is 4. The number of hydrogen-bond donors (Lipinski definition) is 0. The standard InChI is InChI=1S/C66H117NO8/c1-6-8-10-12-14-16-18-20-22-24-26-27-28-29-30-31-32-33-34-35-36-37-39-41-43-45-47-49-51-53-55-57-64(69)75-62(61-74-66(65(70)71)72-59-58-67(3,4)5)60-73-63(68)56-54-52-50-48-46-44-42-40-38-25-23-21-19-17-15-13-11-9-7-2/h15,17-18,20-21,23-24,26,28-29,38,40,62,66H,6-14,16,19,22,25,27,30-37,39,41-61H2,1-5H3/b17-15-,20-18-,23-21-,26-24-,29-28-,40-38-. The monoisotopic (exact) mass is 1050 g/mol. The minimum absolute atomic E-state index is 0.143. The lowest BCUT2D eigenvalue weighted by molar-refractivity contribution is -0.870. The molecule has 0 aromatic carbocycles. The second kappa shape index (κ2) is 56.9. The number of allylic oxidation sites excluding steroid dienone is 12. The van der Waals surface area contributed by atoms with Gasteiger partial charge in [0, 0.05) is 12.8 Å². The zero-order chi connectivity index (χ0) is 54.8. The van der Waals surface area contributed by atoms with Crippen molar-refractivity contribution >= 4 is 17.9 Å². The van der Waals surface area contributed by atoms with E-state index in [2.05, 4.69) is 86.8 Å². The van der Waals surface area contributed by atoms with Crippen molar-refractivity contribution in [3.63, 3.8) is 0 Å². The number of nitrogens with zero attached hydrogens (tertiary/aromatic N) is 1. The molecule has 0 bridgehead atoms. The van der Waals surface area contributed by atoms with Crippen LogP contribution in [0.1, 0.15) is 271 Å². The predicted molar refractivity (Wildman–Crippen MR) is 315 cm³/mol. The molecule has 2 atom stereocenters. The summed E-state index contributed by atoms with van der Waals surface area (Å²) < 4.78 is 22.7. The summed E-state index contributed by atoms with van der Waals surface area (Å²) in [5.74, 6) is -2.29. The Labute approximate surface area is 462 Å². The Kier molecular flexibility index (Phi) is 54.4. The minimum Gasteiger partial charge on any atom is -0.545 e. The summed E-state index contributed by atoms with van der Waals surface area (Å²) in [4.78, 5) is 37.3. The molecule has 0 aliphatic carbocycles. The second-order valence-corrected chi connectivity index (χ2v) is 22.0. The first kappa shape index (κ1) is 71.7. The summed E-state index contributed by atoms with van der Waals surface area (Å²) in [7, 11) is 5.92. The number of hydrogen-bond acceptors (Lipinski definition) is 8. The van der Waals surface area contributed by atoms with Crippen molar-refractivity contribution in [1.29, 1.82) is 0 Å². The molecule has 9 heteroatoms. The number of esters is 2. The highest BCUT2D eigenvalue weighted by molar-refractivity contribution is 5.70. The average Bonchev–Trinajstić information content (AvgIpc) is 3.38. The molecule has 0 rings (SSSR count). The summed E-state index contributed by atoms with van der Waals surface area (Å²) in [6.45, 7) is 4.71. The van der Waals surface area contributed by atoms with Crippen LogP contribution in [-0.4, -0.2) is 82.3 Å². The zero-order valence-corrected chi connectivity index (χ0v) is 49.4. The molecule has 0 N–H and O–H groups in total. The Bertz CT molecular complexity index is 1460. The fourth-order valence-electron chi connectivity index (χ4n) is 8.61. The largest absolute Gasteiger partial charge is 0.545 e. The second-order valence-electron chi connectivity index (χ2n) is 22.0. The highest BCUT2D eigenvalue weighted by Crippen LogP contribution is 2.16. The normalized spacial score (nSPS) is 13.2. The Morgan fingerprint density at radius 1 is 0.400 bits per heavy atom. The first-order chi connectivity index (χ1) is 36.6. The number of aliphatic carboxylic acids is 1. The van der Waals surface area contributed by atoms with Crippen molar-refractivity contribution in [2.24, 2.45) is 0 Å². The molecule has 0 saturated carbocycles. The first-order valence-corrected chi connectivity index (χ1v) is 31.1. The van der Waals surface area contributed by atoms with E-state index in [-0.39, 0.29) is 38.6 Å². The Hall–Kier alpha value is -3.27. The molecule has 75 heavy (non-hydrogen) atoms. The van der Waals surface area contributed by atoms with Crippen molar-refractivity contribution in [3.8, 4) is 0 Å². The number of quaternary nitrogens is 1. The molecule has 2 unspecified atom stereocenters. The van der Waals surface area contributed by atoms with E-state index in [0.717, 1.165) is 77.0 Å². The van der Waals surface area contributed by atoms with Gasteiger partial charge in [-0.3, -0.25) is 9.59 Å². The van der Waals surface area contributed by atoms with E-state index in [1.165, 1.54) is 161 Å². The molecule has 0 saturated heterocycles. The average molecular weight is 1050 g/mol. The van der Waals surface area contributed by atoms with E-state index in [4.69, 9.17) is 18.9 Å². The molecule has 0 amide bonds. The number of carbonyl (C=O) groups is 3. The molecular formula is C66H117NO8. The fourth-order valence-corrected chi connectivity index (χ4v) is 8.61. The van der Waals surface area contributed by atoms with Crippen molar-refractivity contribution in [2.75, 3.05) is 47.5 Å². The summed E-state index contributed by atoms with van der Waals surface area (Å²) in [6, 6.07) is 0. The first-order valence-electron chi connectivity index (χ1n) is 31.1. The van der Waals surface area contributed by atoms with Gasteiger partial charge in [0.1, 0.15) is 13.2 Å². The molecule has 0 aliphatic rings. The van der Waals surface area contributed by atoms with Gasteiger partial charge >= 0.3 is 11.9 Å². The topological polar surface area (TPSA) is 111 Å². The van der Waals surface area contributed by atoms with E-state index in [0.29, 0.717) is 17.4 Å². The fraction of sp³-hybridized carbons (Fsp3) is 0.773. The molecule has 0 heterocycles. The third-order valence-electron chi connectivity index (χ3n) is 13.4. The van der Waals surface area contributed by atoms with Crippen LogP contribution in [0.4, 0.5) is 0 Å². The van der Waals surface area contributed by atoms with Crippen LogP contribution >= 0.6 is 0 Å². The summed E-state index contributed by atoms with van der Waals surface area (Å²) >= 11 is 0. The lowest BCUT2D eigenvalue weighted by Gasteiger charge is -2.26. The highest BCUT2D eigenvalue weighted by Gasteiger charge is 2.22. The molecule has 0 aliphatic heterocycles. The maximum Gasteiger partial charge on any atom is 0.306 e. The van der Waals surface area contributed by atoms with Crippen molar-refractivity contribution in [3.05, 3.63) is 72.9 Å². The van der Waals surface area contributed by atoms with Crippen LogP contribution in [0, 0.1) is 0 Å². The van der Waals surface area contributed by atoms with Gasteiger partial charge < -0.3 is 33.3 Å². The number of carboxylic acids is 1. The van der Waals surface area contributed by atoms with E-state index >= 15 is 0 Å². The lowest BCUT2D eigenvalue weighted by atomic mass is 10.0. The Balaban J connectivity index is 4.17. The van der Waals surface area contributed by atoms with E-state index in [1.807, 2.05) is 21.1 Å². The van der Waals surface area contributed by atoms with Gasteiger partial charge in [-0.15, -0.1) is 0 Å². The number of carboxylic acid groups (broad SMARTS) is 1. The van der Waals surface area contributed by atoms with Crippen LogP contribution in [0.15, 0.2) is 72.9 Å². The maximum absolute atomic E-state index is 12.9. The van der Waals surface area contributed by atoms with Crippen LogP contribution < -0.4 is 5.11 Å². The molecule has 0 radical (unpaired) electrons. The van der Waals surface area contributed by atoms with Gasteiger partial charge in [-0.25, -0.2) is 0 Å². The van der Waals surface area contributed by atoms with Gasteiger partial charge in [0.05, 0.1) is 40.3 Å². The molecule has 9 nitrogen and oxygen atoms in total. The van der Waals surface area contributed by atoms with E-state index in [1.54, 1.807) is 0 Å². The Morgan fingerprint density at radius 2 is 0.720 bits per heavy atom. The van der Waals surface area contributed by atoms with Crippen molar-refractivity contribution < 1.29 is 42.9 Å². The maximum atomic E-state index is 12.9. The number of unbranched alkanes of at least 4 members (excludes halogenated alkanes) is 30. The predicted octanol–water partition coefficient (Wildman–Crippen LogP) is 17.2. The van der Waals surface area contributed by atoms with Gasteiger partial charge in [-0.05, 0) is 89.9 Å². The van der Waals surface area contributed by atoms with Gasteiger partial charge in [0.25, 0.3) is 0 Å². The van der Waals surface area contributed by atoms with Gasteiger partial charge in [-0.2, -0.15) is 0 Å². The number of carbonyl (C=O) groups excluding carboxylic acids is 3. The van der Waals surface area contributed by atoms with Crippen LogP contribution in [0.2, 0.25) is 0 Å². The molecule has 0 fully saturated rings. The minimum atomic E-state index is -1.63. The third kappa shape index (κ3) is 58.3. The van der Waals surface area contributed by atoms with Crippen molar-refractivity contribution in [1.82, 2.24) is 0 Å². The summed E-state index contributed by atoms with van der Waals surface area (Å²) in [5.41, 5.74) is 0. The van der Waals surface area contributed by atoms with Crippen LogP contribution in [0.25, 0.3) is 0 Å².